The highest BCUT2D eigenvalue weighted by atomic mass is 32.2. The van der Waals surface area contributed by atoms with Gasteiger partial charge in [0.15, 0.2) is 0 Å². The van der Waals surface area contributed by atoms with Gasteiger partial charge in [-0.15, -0.1) is 11.8 Å². The van der Waals surface area contributed by atoms with Gasteiger partial charge >= 0.3 is 0 Å². The van der Waals surface area contributed by atoms with Crippen molar-refractivity contribution >= 4 is 11.8 Å². The molecule has 0 aliphatic carbocycles. The van der Waals surface area contributed by atoms with E-state index >= 15 is 0 Å². The van der Waals surface area contributed by atoms with E-state index in [2.05, 4.69) is 43.4 Å². The van der Waals surface area contributed by atoms with Gasteiger partial charge in [0.1, 0.15) is 0 Å². The molecule has 2 nitrogen and oxygen atoms in total. The Balaban J connectivity index is 2.63. The minimum Gasteiger partial charge on any atom is -0.393 e. The van der Waals surface area contributed by atoms with E-state index in [1.54, 1.807) is 11.8 Å². The summed E-state index contributed by atoms with van der Waals surface area (Å²) < 4.78 is 0. The first-order valence-electron chi connectivity index (χ1n) is 5.77. The van der Waals surface area contributed by atoms with Gasteiger partial charge in [-0.3, -0.25) is 0 Å². The smallest absolute Gasteiger partial charge is 0.0606 e. The molecule has 0 aliphatic rings. The van der Waals surface area contributed by atoms with Crippen molar-refractivity contribution in [3.8, 4) is 0 Å². The van der Waals surface area contributed by atoms with E-state index < -0.39 is 0 Å². The number of thioether (sulfide) groups is 1. The van der Waals surface area contributed by atoms with Gasteiger partial charge in [-0.05, 0) is 38.1 Å². The highest BCUT2D eigenvalue weighted by Crippen LogP contribution is 2.22. The number of hydrogen-bond donors (Lipinski definition) is 2. The van der Waals surface area contributed by atoms with Crippen molar-refractivity contribution in [2.75, 3.05) is 12.3 Å². The van der Waals surface area contributed by atoms with Crippen LogP contribution in [-0.4, -0.2) is 23.5 Å². The van der Waals surface area contributed by atoms with Crippen molar-refractivity contribution in [2.24, 2.45) is 0 Å². The van der Waals surface area contributed by atoms with Crippen molar-refractivity contribution in [1.29, 1.82) is 0 Å². The summed E-state index contributed by atoms with van der Waals surface area (Å²) in [6, 6.07) is 8.89. The van der Waals surface area contributed by atoms with Gasteiger partial charge in [0.25, 0.3) is 0 Å². The zero-order valence-electron chi connectivity index (χ0n) is 10.2. The molecule has 0 saturated carbocycles. The molecular weight excluding hydrogens is 218 g/mol. The van der Waals surface area contributed by atoms with Gasteiger partial charge in [0.05, 0.1) is 6.10 Å². The van der Waals surface area contributed by atoms with Crippen molar-refractivity contribution in [1.82, 2.24) is 5.32 Å². The fourth-order valence-corrected chi connectivity index (χ4v) is 2.34. The van der Waals surface area contributed by atoms with Crippen LogP contribution in [0, 0.1) is 0 Å². The van der Waals surface area contributed by atoms with Gasteiger partial charge < -0.3 is 10.4 Å². The van der Waals surface area contributed by atoms with Crippen molar-refractivity contribution in [3.05, 3.63) is 29.8 Å². The number of hydrogen-bond acceptors (Lipinski definition) is 3. The standard InChI is InChI=1S/C13H21NOS/c1-4-14-11(3)12-6-5-7-13(8-12)16-9-10(2)15/h5-8,10-11,14-15H,4,9H2,1-3H3. The molecule has 2 atom stereocenters. The second kappa shape index (κ2) is 6.94. The SMILES string of the molecule is CCNC(C)c1cccc(SCC(C)O)c1. The fourth-order valence-electron chi connectivity index (χ4n) is 1.51. The summed E-state index contributed by atoms with van der Waals surface area (Å²) in [6.45, 7) is 7.08. The van der Waals surface area contributed by atoms with Crippen LogP contribution in [0.1, 0.15) is 32.4 Å². The summed E-state index contributed by atoms with van der Waals surface area (Å²) >= 11 is 1.70. The first-order valence-corrected chi connectivity index (χ1v) is 6.76. The van der Waals surface area contributed by atoms with Crippen LogP contribution < -0.4 is 5.32 Å². The number of aliphatic hydroxyl groups is 1. The molecule has 0 saturated heterocycles. The Morgan fingerprint density at radius 2 is 2.12 bits per heavy atom. The molecule has 2 unspecified atom stereocenters. The summed E-state index contributed by atoms with van der Waals surface area (Å²) in [5, 5.41) is 12.6. The van der Waals surface area contributed by atoms with Crippen molar-refractivity contribution in [3.63, 3.8) is 0 Å². The molecule has 90 valence electrons. The van der Waals surface area contributed by atoms with Crippen LogP contribution in [0.15, 0.2) is 29.2 Å². The normalized spacial score (nSPS) is 14.8. The molecule has 0 aliphatic heterocycles. The molecule has 1 aromatic rings. The molecule has 1 aromatic carbocycles. The fraction of sp³-hybridized carbons (Fsp3) is 0.538. The van der Waals surface area contributed by atoms with Crippen LogP contribution in [0.2, 0.25) is 0 Å². The van der Waals surface area contributed by atoms with Gasteiger partial charge in [0.2, 0.25) is 0 Å². The Morgan fingerprint density at radius 3 is 2.75 bits per heavy atom. The van der Waals surface area contributed by atoms with Crippen LogP contribution in [0.3, 0.4) is 0 Å². The number of benzene rings is 1. The molecule has 2 N–H and O–H groups in total. The third-order valence-corrected chi connectivity index (χ3v) is 3.60. The molecule has 3 heteroatoms. The molecule has 0 fully saturated rings. The molecular formula is C13H21NOS. The van der Waals surface area contributed by atoms with Gasteiger partial charge in [-0.1, -0.05) is 19.1 Å². The maximum Gasteiger partial charge on any atom is 0.0606 e. The summed E-state index contributed by atoms with van der Waals surface area (Å²) in [4.78, 5) is 1.23. The molecule has 0 amide bonds. The average Bonchev–Trinajstić information content (AvgIpc) is 2.27. The molecule has 0 aromatic heterocycles. The minimum absolute atomic E-state index is 0.250. The van der Waals surface area contributed by atoms with Crippen LogP contribution in [0.25, 0.3) is 0 Å². The molecule has 0 spiro atoms. The lowest BCUT2D eigenvalue weighted by molar-refractivity contribution is 0.220. The Morgan fingerprint density at radius 1 is 1.38 bits per heavy atom. The molecule has 0 radical (unpaired) electrons. The van der Waals surface area contributed by atoms with Gasteiger partial charge in [-0.25, -0.2) is 0 Å². The Labute approximate surface area is 102 Å². The lowest BCUT2D eigenvalue weighted by Gasteiger charge is -2.14. The Kier molecular flexibility index (Phi) is 5.88. The largest absolute Gasteiger partial charge is 0.393 e. The third kappa shape index (κ3) is 4.56. The quantitative estimate of drug-likeness (QED) is 0.749. The highest BCUT2D eigenvalue weighted by Gasteiger charge is 2.05. The van der Waals surface area contributed by atoms with Crippen LogP contribution in [0.5, 0.6) is 0 Å². The topological polar surface area (TPSA) is 32.3 Å². The van der Waals surface area contributed by atoms with Crippen LogP contribution >= 0.6 is 11.8 Å². The van der Waals surface area contributed by atoms with Crippen LogP contribution in [0.4, 0.5) is 0 Å². The van der Waals surface area contributed by atoms with E-state index in [1.165, 1.54) is 10.5 Å². The van der Waals surface area contributed by atoms with E-state index in [-0.39, 0.29) is 6.10 Å². The zero-order valence-corrected chi connectivity index (χ0v) is 11.1. The summed E-state index contributed by atoms with van der Waals surface area (Å²) in [7, 11) is 0. The third-order valence-electron chi connectivity index (χ3n) is 2.36. The zero-order chi connectivity index (χ0) is 12.0. The predicted molar refractivity (Wildman–Crippen MR) is 70.9 cm³/mol. The Bertz CT molecular complexity index is 315. The summed E-state index contributed by atoms with van der Waals surface area (Å²) in [6.07, 6.45) is -0.250. The second-order valence-corrected chi connectivity index (χ2v) is 5.11. The maximum atomic E-state index is 9.24. The summed E-state index contributed by atoms with van der Waals surface area (Å²) in [5.41, 5.74) is 1.30. The number of rotatable bonds is 6. The molecule has 0 heterocycles. The van der Waals surface area contributed by atoms with Crippen molar-refractivity contribution in [2.45, 2.75) is 37.8 Å². The summed E-state index contributed by atoms with van der Waals surface area (Å²) in [5.74, 6) is 0.749. The van der Waals surface area contributed by atoms with Crippen LogP contribution in [-0.2, 0) is 0 Å². The monoisotopic (exact) mass is 239 g/mol. The Hall–Kier alpha value is -0.510. The van der Waals surface area contributed by atoms with E-state index in [4.69, 9.17) is 0 Å². The molecule has 16 heavy (non-hydrogen) atoms. The first kappa shape index (κ1) is 13.6. The number of nitrogens with one attached hydrogen (secondary N) is 1. The lowest BCUT2D eigenvalue weighted by Crippen LogP contribution is -2.17. The van der Waals surface area contributed by atoms with Gasteiger partial charge in [-0.2, -0.15) is 0 Å². The van der Waals surface area contributed by atoms with Crippen molar-refractivity contribution < 1.29 is 5.11 Å². The van der Waals surface area contributed by atoms with Gasteiger partial charge in [0, 0.05) is 16.7 Å². The van der Waals surface area contributed by atoms with E-state index in [0.29, 0.717) is 6.04 Å². The highest BCUT2D eigenvalue weighted by molar-refractivity contribution is 7.99. The number of aliphatic hydroxyl groups excluding tert-OH is 1. The minimum atomic E-state index is -0.250. The molecule has 1 rings (SSSR count). The molecule has 0 bridgehead atoms. The maximum absolute atomic E-state index is 9.24. The first-order chi connectivity index (χ1) is 7.63. The van der Waals surface area contributed by atoms with E-state index in [9.17, 15) is 5.11 Å². The van der Waals surface area contributed by atoms with E-state index in [1.807, 2.05) is 6.92 Å². The lowest BCUT2D eigenvalue weighted by atomic mass is 10.1. The average molecular weight is 239 g/mol. The van der Waals surface area contributed by atoms with E-state index in [0.717, 1.165) is 12.3 Å². The second-order valence-electron chi connectivity index (χ2n) is 4.01. The predicted octanol–water partition coefficient (Wildman–Crippen LogP) is 2.83.